The van der Waals surface area contributed by atoms with E-state index in [0.29, 0.717) is 29.3 Å². The second-order valence-corrected chi connectivity index (χ2v) is 4.77. The zero-order valence-corrected chi connectivity index (χ0v) is 12.7. The van der Waals surface area contributed by atoms with Crippen LogP contribution in [-0.2, 0) is 0 Å². The minimum atomic E-state index is -0.588. The Morgan fingerprint density at radius 1 is 1.04 bits per heavy atom. The SMILES string of the molecule is CCOc1ccccc1NC(=O)Oc1cccc2cccnc12. The fraction of sp³-hybridized carbons (Fsp3) is 0.111. The van der Waals surface area contributed by atoms with E-state index < -0.39 is 6.09 Å². The van der Waals surface area contributed by atoms with Crippen molar-refractivity contribution in [3.8, 4) is 11.5 Å². The van der Waals surface area contributed by atoms with Crippen molar-refractivity contribution in [1.82, 2.24) is 4.98 Å². The van der Waals surface area contributed by atoms with Gasteiger partial charge in [0, 0.05) is 11.6 Å². The Bertz CT molecular complexity index is 828. The Morgan fingerprint density at radius 2 is 1.83 bits per heavy atom. The number of pyridine rings is 1. The van der Waals surface area contributed by atoms with E-state index in [-0.39, 0.29) is 0 Å². The summed E-state index contributed by atoms with van der Waals surface area (Å²) < 4.78 is 10.9. The third kappa shape index (κ3) is 3.40. The second-order valence-electron chi connectivity index (χ2n) is 4.77. The molecule has 5 heteroatoms. The summed E-state index contributed by atoms with van der Waals surface area (Å²) >= 11 is 0. The summed E-state index contributed by atoms with van der Waals surface area (Å²) in [7, 11) is 0. The molecule has 1 heterocycles. The largest absolute Gasteiger partial charge is 0.492 e. The molecule has 0 aliphatic heterocycles. The van der Waals surface area contributed by atoms with Gasteiger partial charge in [-0.05, 0) is 31.2 Å². The number of anilines is 1. The van der Waals surface area contributed by atoms with Gasteiger partial charge in [-0.15, -0.1) is 0 Å². The van der Waals surface area contributed by atoms with Crippen LogP contribution in [0.5, 0.6) is 11.5 Å². The van der Waals surface area contributed by atoms with Crippen LogP contribution in [0.3, 0.4) is 0 Å². The number of carbonyl (C=O) groups excluding carboxylic acids is 1. The van der Waals surface area contributed by atoms with Crippen molar-refractivity contribution in [3.05, 3.63) is 60.8 Å². The molecule has 23 heavy (non-hydrogen) atoms. The topological polar surface area (TPSA) is 60.5 Å². The molecule has 0 spiro atoms. The van der Waals surface area contributed by atoms with Gasteiger partial charge in [-0.3, -0.25) is 10.3 Å². The van der Waals surface area contributed by atoms with Crippen LogP contribution >= 0.6 is 0 Å². The molecule has 3 rings (SSSR count). The molecular weight excluding hydrogens is 292 g/mol. The lowest BCUT2D eigenvalue weighted by Crippen LogP contribution is -2.17. The number of benzene rings is 2. The van der Waals surface area contributed by atoms with E-state index in [2.05, 4.69) is 10.3 Å². The second kappa shape index (κ2) is 6.79. The molecule has 0 saturated carbocycles. The summed E-state index contributed by atoms with van der Waals surface area (Å²) in [4.78, 5) is 16.4. The van der Waals surface area contributed by atoms with E-state index in [9.17, 15) is 4.79 Å². The van der Waals surface area contributed by atoms with Gasteiger partial charge in [0.2, 0.25) is 0 Å². The lowest BCUT2D eigenvalue weighted by atomic mass is 10.2. The first-order valence-electron chi connectivity index (χ1n) is 7.32. The smallest absolute Gasteiger partial charge is 0.417 e. The number of rotatable bonds is 4. The van der Waals surface area contributed by atoms with Gasteiger partial charge < -0.3 is 9.47 Å². The standard InChI is InChI=1S/C18H16N2O3/c1-2-22-15-10-4-3-9-14(15)20-18(21)23-16-11-5-7-13-8-6-12-19-17(13)16/h3-12H,2H2,1H3,(H,20,21). The van der Waals surface area contributed by atoms with Crippen molar-refractivity contribution < 1.29 is 14.3 Å². The zero-order chi connectivity index (χ0) is 16.1. The third-order valence-electron chi connectivity index (χ3n) is 3.22. The number of amides is 1. The van der Waals surface area contributed by atoms with E-state index in [1.165, 1.54) is 0 Å². The molecule has 3 aromatic rings. The van der Waals surface area contributed by atoms with Gasteiger partial charge in [0.15, 0.2) is 5.75 Å². The van der Waals surface area contributed by atoms with Crippen LogP contribution in [0.15, 0.2) is 60.8 Å². The average Bonchev–Trinajstić information content (AvgIpc) is 2.57. The van der Waals surface area contributed by atoms with Crippen LogP contribution in [0.25, 0.3) is 10.9 Å². The Balaban J connectivity index is 1.79. The van der Waals surface area contributed by atoms with E-state index in [1.807, 2.05) is 43.3 Å². The highest BCUT2D eigenvalue weighted by molar-refractivity contribution is 5.92. The minimum Gasteiger partial charge on any atom is -0.492 e. The first kappa shape index (κ1) is 14.8. The number of ether oxygens (including phenoxy) is 2. The number of carbonyl (C=O) groups is 1. The highest BCUT2D eigenvalue weighted by Crippen LogP contribution is 2.26. The van der Waals surface area contributed by atoms with Gasteiger partial charge in [0.25, 0.3) is 0 Å². The van der Waals surface area contributed by atoms with Gasteiger partial charge >= 0.3 is 6.09 Å². The monoisotopic (exact) mass is 308 g/mol. The first-order valence-corrected chi connectivity index (χ1v) is 7.32. The number of hydrogen-bond donors (Lipinski definition) is 1. The number of nitrogens with one attached hydrogen (secondary N) is 1. The molecule has 0 radical (unpaired) electrons. The van der Waals surface area contributed by atoms with Gasteiger partial charge in [-0.2, -0.15) is 0 Å². The molecular formula is C18H16N2O3. The van der Waals surface area contributed by atoms with Crippen molar-refractivity contribution in [2.45, 2.75) is 6.92 Å². The maximum atomic E-state index is 12.2. The maximum Gasteiger partial charge on any atom is 0.417 e. The lowest BCUT2D eigenvalue weighted by molar-refractivity contribution is 0.215. The van der Waals surface area contributed by atoms with E-state index in [0.717, 1.165) is 5.39 Å². The summed E-state index contributed by atoms with van der Waals surface area (Å²) in [5, 5.41) is 3.60. The molecule has 0 bridgehead atoms. The molecule has 0 atom stereocenters. The van der Waals surface area contributed by atoms with Crippen LogP contribution in [-0.4, -0.2) is 17.7 Å². The number of hydrogen-bond acceptors (Lipinski definition) is 4. The number of aromatic nitrogens is 1. The molecule has 0 aliphatic rings. The molecule has 0 unspecified atom stereocenters. The third-order valence-corrected chi connectivity index (χ3v) is 3.22. The van der Waals surface area contributed by atoms with Crippen LogP contribution in [0, 0.1) is 0 Å². The summed E-state index contributed by atoms with van der Waals surface area (Å²) in [5.74, 6) is 1.01. The fourth-order valence-electron chi connectivity index (χ4n) is 2.25. The van der Waals surface area contributed by atoms with Gasteiger partial charge in [-0.1, -0.05) is 30.3 Å². The Labute approximate surface area is 133 Å². The first-order chi connectivity index (χ1) is 11.3. The molecule has 1 amide bonds. The van der Waals surface area contributed by atoms with Crippen LogP contribution in [0.4, 0.5) is 10.5 Å². The van der Waals surface area contributed by atoms with E-state index >= 15 is 0 Å². The maximum absolute atomic E-state index is 12.2. The van der Waals surface area contributed by atoms with Crippen molar-refractivity contribution in [3.63, 3.8) is 0 Å². The van der Waals surface area contributed by atoms with E-state index in [1.54, 1.807) is 24.4 Å². The fourth-order valence-corrected chi connectivity index (χ4v) is 2.25. The molecule has 116 valence electrons. The molecule has 2 aromatic carbocycles. The summed E-state index contributed by atoms with van der Waals surface area (Å²) in [6.07, 6.45) is 1.08. The molecule has 0 aliphatic carbocycles. The zero-order valence-electron chi connectivity index (χ0n) is 12.7. The average molecular weight is 308 g/mol. The lowest BCUT2D eigenvalue weighted by Gasteiger charge is -2.12. The normalized spacial score (nSPS) is 10.3. The number of para-hydroxylation sites is 3. The molecule has 0 saturated heterocycles. The summed E-state index contributed by atoms with van der Waals surface area (Å²) in [5.41, 5.74) is 1.20. The van der Waals surface area contributed by atoms with Crippen molar-refractivity contribution in [2.24, 2.45) is 0 Å². The van der Waals surface area contributed by atoms with Crippen LogP contribution < -0.4 is 14.8 Å². The predicted octanol–water partition coefficient (Wildman–Crippen LogP) is 4.24. The van der Waals surface area contributed by atoms with Gasteiger partial charge in [0.1, 0.15) is 11.3 Å². The minimum absolute atomic E-state index is 0.412. The Morgan fingerprint density at radius 3 is 2.70 bits per heavy atom. The highest BCUT2D eigenvalue weighted by atomic mass is 16.6. The molecule has 5 nitrogen and oxygen atoms in total. The number of fused-ring (bicyclic) bond motifs is 1. The number of nitrogens with zero attached hydrogens (tertiary/aromatic N) is 1. The van der Waals surface area contributed by atoms with Crippen molar-refractivity contribution in [1.29, 1.82) is 0 Å². The summed E-state index contributed by atoms with van der Waals surface area (Å²) in [6.45, 7) is 2.40. The highest BCUT2D eigenvalue weighted by Gasteiger charge is 2.11. The molecule has 1 aromatic heterocycles. The predicted molar refractivity (Wildman–Crippen MR) is 89.0 cm³/mol. The summed E-state index contributed by atoms with van der Waals surface area (Å²) in [6, 6.07) is 16.4. The van der Waals surface area contributed by atoms with Gasteiger partial charge in [-0.25, -0.2) is 4.79 Å². The van der Waals surface area contributed by atoms with Gasteiger partial charge in [0.05, 0.1) is 12.3 Å². The van der Waals surface area contributed by atoms with Crippen molar-refractivity contribution in [2.75, 3.05) is 11.9 Å². The quantitative estimate of drug-likeness (QED) is 0.783. The van der Waals surface area contributed by atoms with Crippen LogP contribution in [0.2, 0.25) is 0 Å². The van der Waals surface area contributed by atoms with E-state index in [4.69, 9.17) is 9.47 Å². The Hall–Kier alpha value is -3.08. The van der Waals surface area contributed by atoms with Crippen molar-refractivity contribution >= 4 is 22.7 Å². The molecule has 0 fully saturated rings. The van der Waals surface area contributed by atoms with Crippen LogP contribution in [0.1, 0.15) is 6.92 Å². The molecule has 1 N–H and O–H groups in total. The Kier molecular flexibility index (Phi) is 4.38.